The fraction of sp³-hybridized carbons (Fsp3) is 0.417. The predicted molar refractivity (Wildman–Crippen MR) is 68.7 cm³/mol. The third kappa shape index (κ3) is 3.03. The van der Waals surface area contributed by atoms with Crippen LogP contribution in [0.2, 0.25) is 0 Å². The molecule has 1 heterocycles. The number of nitrogens with one attached hydrogen (secondary N) is 1. The molecule has 0 spiro atoms. The number of hydrogen-bond donors (Lipinski definition) is 2. The summed E-state index contributed by atoms with van der Waals surface area (Å²) in [4.78, 5) is 11.6. The van der Waals surface area contributed by atoms with Gasteiger partial charge in [-0.05, 0) is 43.9 Å². The van der Waals surface area contributed by atoms with Crippen LogP contribution in [-0.4, -0.2) is 23.8 Å². The van der Waals surface area contributed by atoms with Crippen molar-refractivity contribution in [2.45, 2.75) is 33.0 Å². The minimum atomic E-state index is -0.865. The van der Waals surface area contributed by atoms with Crippen LogP contribution in [0, 0.1) is 0 Å². The summed E-state index contributed by atoms with van der Waals surface area (Å²) in [6, 6.07) is 5.22. The second kappa shape index (κ2) is 4.63. The van der Waals surface area contributed by atoms with Crippen LogP contribution in [0.4, 0.5) is 10.5 Å². The number of ether oxygens (including phenoxy) is 1. The van der Waals surface area contributed by atoms with Crippen LogP contribution in [0.1, 0.15) is 26.3 Å². The van der Waals surface area contributed by atoms with Crippen LogP contribution in [0.15, 0.2) is 18.2 Å². The van der Waals surface area contributed by atoms with Gasteiger partial charge in [0.2, 0.25) is 0 Å². The molecule has 1 aliphatic rings. The van der Waals surface area contributed by atoms with Gasteiger partial charge in [-0.1, -0.05) is 6.07 Å². The Morgan fingerprint density at radius 3 is 2.89 bits per heavy atom. The highest BCUT2D eigenvalue weighted by Gasteiger charge is 2.27. The van der Waals surface area contributed by atoms with E-state index >= 15 is 0 Å². The number of amides is 1. The Morgan fingerprint density at radius 1 is 1.50 bits per heavy atom. The van der Waals surface area contributed by atoms with Crippen molar-refractivity contribution < 1.29 is 19.2 Å². The zero-order valence-corrected chi connectivity index (χ0v) is 10.7. The van der Waals surface area contributed by atoms with Gasteiger partial charge in [0, 0.05) is 5.69 Å². The van der Waals surface area contributed by atoms with E-state index in [2.05, 4.69) is 5.32 Å². The summed E-state index contributed by atoms with van der Waals surface area (Å²) in [6.45, 7) is 5.76. The summed E-state index contributed by atoms with van der Waals surface area (Å²) in [7, 11) is -0.865. The molecule has 0 radical (unpaired) electrons. The quantitative estimate of drug-likeness (QED) is 0.735. The highest BCUT2D eigenvalue weighted by Crippen LogP contribution is 2.16. The molecule has 0 saturated carbocycles. The molecule has 96 valence electrons. The first-order valence-electron chi connectivity index (χ1n) is 5.78. The van der Waals surface area contributed by atoms with Crippen LogP contribution in [-0.2, 0) is 16.0 Å². The number of benzene rings is 1. The molecule has 5 nitrogen and oxygen atoms in total. The van der Waals surface area contributed by atoms with Gasteiger partial charge >= 0.3 is 13.2 Å². The maximum absolute atomic E-state index is 11.6. The molecule has 0 fully saturated rings. The normalized spacial score (nSPS) is 14.3. The molecule has 0 aromatic heterocycles. The van der Waals surface area contributed by atoms with Crippen LogP contribution in [0.25, 0.3) is 0 Å². The van der Waals surface area contributed by atoms with Crippen molar-refractivity contribution in [2.24, 2.45) is 0 Å². The third-order valence-corrected chi connectivity index (χ3v) is 2.45. The van der Waals surface area contributed by atoms with Crippen molar-refractivity contribution in [3.05, 3.63) is 23.8 Å². The smallest absolute Gasteiger partial charge is 0.444 e. The molecule has 6 heteroatoms. The zero-order valence-electron chi connectivity index (χ0n) is 10.7. The molecule has 0 unspecified atom stereocenters. The van der Waals surface area contributed by atoms with E-state index in [-0.39, 0.29) is 0 Å². The van der Waals surface area contributed by atoms with Crippen molar-refractivity contribution in [3.8, 4) is 0 Å². The first kappa shape index (κ1) is 12.9. The predicted octanol–water partition coefficient (Wildman–Crippen LogP) is 1.25. The van der Waals surface area contributed by atoms with E-state index in [1.54, 1.807) is 39.0 Å². The third-order valence-electron chi connectivity index (χ3n) is 2.45. The molecule has 1 aromatic carbocycles. The van der Waals surface area contributed by atoms with Gasteiger partial charge in [0.25, 0.3) is 0 Å². The van der Waals surface area contributed by atoms with Gasteiger partial charge in [-0.3, -0.25) is 5.32 Å². The SMILES string of the molecule is CC(C)(C)OC(=O)Nc1ccc2c(c1)COB2O. The molecule has 2 N–H and O–H groups in total. The number of anilines is 1. The lowest BCUT2D eigenvalue weighted by molar-refractivity contribution is 0.0636. The Balaban J connectivity index is 2.05. The lowest BCUT2D eigenvalue weighted by Gasteiger charge is -2.19. The molecule has 1 aromatic rings. The van der Waals surface area contributed by atoms with E-state index in [1.165, 1.54) is 0 Å². The maximum Gasteiger partial charge on any atom is 0.491 e. The molecular formula is C12H16BNO4. The maximum atomic E-state index is 11.6. The summed E-state index contributed by atoms with van der Waals surface area (Å²) in [5.74, 6) is 0. The summed E-state index contributed by atoms with van der Waals surface area (Å²) >= 11 is 0. The Morgan fingerprint density at radius 2 is 2.22 bits per heavy atom. The first-order chi connectivity index (χ1) is 8.35. The minimum Gasteiger partial charge on any atom is -0.444 e. The average Bonchev–Trinajstić information content (AvgIpc) is 2.57. The summed E-state index contributed by atoms with van der Waals surface area (Å²) in [5.41, 5.74) is 1.71. The van der Waals surface area contributed by atoms with Gasteiger partial charge in [0.05, 0.1) is 6.61 Å². The molecule has 1 aliphatic heterocycles. The van der Waals surface area contributed by atoms with E-state index in [0.717, 1.165) is 11.0 Å². The van der Waals surface area contributed by atoms with Crippen LogP contribution >= 0.6 is 0 Å². The summed E-state index contributed by atoms with van der Waals surface area (Å²) < 4.78 is 10.2. The molecule has 0 aliphatic carbocycles. The van der Waals surface area contributed by atoms with Crippen LogP contribution in [0.3, 0.4) is 0 Å². The Kier molecular flexibility index (Phi) is 3.32. The number of hydrogen-bond acceptors (Lipinski definition) is 4. The van der Waals surface area contributed by atoms with Crippen molar-refractivity contribution in [3.63, 3.8) is 0 Å². The number of fused-ring (bicyclic) bond motifs is 1. The second-order valence-electron chi connectivity index (χ2n) is 5.20. The van der Waals surface area contributed by atoms with E-state index in [4.69, 9.17) is 9.39 Å². The lowest BCUT2D eigenvalue weighted by atomic mass is 9.79. The Bertz CT molecular complexity index is 470. The monoisotopic (exact) mass is 249 g/mol. The highest BCUT2D eigenvalue weighted by molar-refractivity contribution is 6.61. The first-order valence-corrected chi connectivity index (χ1v) is 5.78. The number of carbonyl (C=O) groups is 1. The Hall–Kier alpha value is -1.53. The van der Waals surface area contributed by atoms with Crippen LogP contribution < -0.4 is 10.8 Å². The van der Waals surface area contributed by atoms with Gasteiger partial charge in [0.1, 0.15) is 5.60 Å². The topological polar surface area (TPSA) is 67.8 Å². The molecule has 2 rings (SSSR count). The molecule has 0 saturated heterocycles. The molecule has 18 heavy (non-hydrogen) atoms. The van der Waals surface area contributed by atoms with E-state index in [0.29, 0.717) is 12.3 Å². The van der Waals surface area contributed by atoms with E-state index in [9.17, 15) is 9.82 Å². The largest absolute Gasteiger partial charge is 0.491 e. The average molecular weight is 249 g/mol. The summed E-state index contributed by atoms with van der Waals surface area (Å²) in [6.07, 6.45) is -0.498. The molecule has 0 bridgehead atoms. The number of carbonyl (C=O) groups excluding carboxylic acids is 1. The molecular weight excluding hydrogens is 233 g/mol. The van der Waals surface area contributed by atoms with Crippen LogP contribution in [0.5, 0.6) is 0 Å². The van der Waals surface area contributed by atoms with E-state index < -0.39 is 18.8 Å². The Labute approximate surface area is 106 Å². The van der Waals surface area contributed by atoms with Gasteiger partial charge in [-0.15, -0.1) is 0 Å². The van der Waals surface area contributed by atoms with Crippen molar-refractivity contribution >= 4 is 24.4 Å². The fourth-order valence-corrected chi connectivity index (χ4v) is 1.73. The second-order valence-corrected chi connectivity index (χ2v) is 5.20. The summed E-state index contributed by atoms with van der Waals surface area (Å²) in [5, 5.41) is 12.1. The van der Waals surface area contributed by atoms with E-state index in [1.807, 2.05) is 0 Å². The zero-order chi connectivity index (χ0) is 13.3. The molecule has 1 amide bonds. The van der Waals surface area contributed by atoms with Gasteiger partial charge in [-0.2, -0.15) is 0 Å². The van der Waals surface area contributed by atoms with Gasteiger partial charge < -0.3 is 14.4 Å². The number of rotatable bonds is 1. The lowest BCUT2D eigenvalue weighted by Crippen LogP contribution is -2.29. The van der Waals surface area contributed by atoms with Crippen molar-refractivity contribution in [2.75, 3.05) is 5.32 Å². The highest BCUT2D eigenvalue weighted by atomic mass is 16.6. The standard InChI is InChI=1S/C12H16BNO4/c1-12(2,3)18-11(15)14-9-4-5-10-8(6-9)7-17-13(10)16/h4-6,16H,7H2,1-3H3,(H,14,15). The van der Waals surface area contributed by atoms with Crippen molar-refractivity contribution in [1.82, 2.24) is 0 Å². The minimum absolute atomic E-state index is 0.348. The van der Waals surface area contributed by atoms with Gasteiger partial charge in [0.15, 0.2) is 0 Å². The molecule has 0 atom stereocenters. The van der Waals surface area contributed by atoms with Crippen molar-refractivity contribution in [1.29, 1.82) is 0 Å². The fourth-order valence-electron chi connectivity index (χ4n) is 1.73. The van der Waals surface area contributed by atoms with Gasteiger partial charge in [-0.25, -0.2) is 4.79 Å².